The van der Waals surface area contributed by atoms with Crippen molar-refractivity contribution in [2.45, 2.75) is 44.8 Å². The van der Waals surface area contributed by atoms with Crippen molar-refractivity contribution < 1.29 is 27.8 Å². The molecule has 0 amide bonds. The molecule has 0 aliphatic heterocycles. The van der Waals surface area contributed by atoms with Gasteiger partial charge in [-0.2, -0.15) is 13.2 Å². The number of nitrogens with one attached hydrogen (secondary N) is 1. The summed E-state index contributed by atoms with van der Waals surface area (Å²) in [6.45, 7) is 2.65. The van der Waals surface area contributed by atoms with Gasteiger partial charge < -0.3 is 15.2 Å². The lowest BCUT2D eigenvalue weighted by Gasteiger charge is -2.14. The molecule has 0 heterocycles. The Morgan fingerprint density at radius 1 is 1.39 bits per heavy atom. The fourth-order valence-corrected chi connectivity index (χ4v) is 1.31. The van der Waals surface area contributed by atoms with Crippen molar-refractivity contribution >= 4 is 5.97 Å². The average molecular weight is 271 g/mol. The fraction of sp³-hybridized carbons (Fsp3) is 0.909. The topological polar surface area (TPSA) is 58.6 Å². The second-order valence-electron chi connectivity index (χ2n) is 3.96. The van der Waals surface area contributed by atoms with Crippen LogP contribution in [0, 0.1) is 0 Å². The predicted molar refractivity (Wildman–Crippen MR) is 60.4 cm³/mol. The number of hydrogen-bond acceptors (Lipinski definition) is 3. The van der Waals surface area contributed by atoms with Gasteiger partial charge >= 0.3 is 12.1 Å². The van der Waals surface area contributed by atoms with Crippen LogP contribution in [0.2, 0.25) is 0 Å². The zero-order valence-corrected chi connectivity index (χ0v) is 10.4. The Hall–Kier alpha value is -0.820. The molecule has 0 fully saturated rings. The molecule has 2 N–H and O–H groups in total. The van der Waals surface area contributed by atoms with Crippen molar-refractivity contribution in [3.05, 3.63) is 0 Å². The number of carboxylic acids is 1. The molecule has 108 valence electrons. The number of carbonyl (C=O) groups is 1. The van der Waals surface area contributed by atoms with E-state index in [1.807, 2.05) is 6.92 Å². The van der Waals surface area contributed by atoms with E-state index < -0.39 is 24.6 Å². The smallest absolute Gasteiger partial charge is 0.389 e. The summed E-state index contributed by atoms with van der Waals surface area (Å²) >= 11 is 0. The molecule has 0 rings (SSSR count). The highest BCUT2D eigenvalue weighted by molar-refractivity contribution is 5.73. The summed E-state index contributed by atoms with van der Waals surface area (Å²) in [5.41, 5.74) is 0. The second-order valence-corrected chi connectivity index (χ2v) is 3.96. The number of alkyl halides is 3. The molecule has 1 atom stereocenters. The van der Waals surface area contributed by atoms with Gasteiger partial charge in [0.1, 0.15) is 6.04 Å². The third-order valence-electron chi connectivity index (χ3n) is 2.24. The van der Waals surface area contributed by atoms with Gasteiger partial charge in [0.15, 0.2) is 0 Å². The Labute approximate surface area is 105 Å². The van der Waals surface area contributed by atoms with Gasteiger partial charge in [-0.3, -0.25) is 4.79 Å². The lowest BCUT2D eigenvalue weighted by Crippen LogP contribution is -2.38. The first kappa shape index (κ1) is 17.2. The van der Waals surface area contributed by atoms with Gasteiger partial charge in [-0.15, -0.1) is 0 Å². The summed E-state index contributed by atoms with van der Waals surface area (Å²) < 4.78 is 40.4. The van der Waals surface area contributed by atoms with E-state index in [1.54, 1.807) is 0 Å². The molecule has 7 heteroatoms. The number of rotatable bonds is 10. The zero-order valence-electron chi connectivity index (χ0n) is 10.4. The Bertz CT molecular complexity index is 234. The Morgan fingerprint density at radius 3 is 2.56 bits per heavy atom. The average Bonchev–Trinajstić information content (AvgIpc) is 2.25. The largest absolute Gasteiger partial charge is 0.480 e. The van der Waals surface area contributed by atoms with Crippen LogP contribution in [0.1, 0.15) is 32.6 Å². The minimum Gasteiger partial charge on any atom is -0.480 e. The molecule has 1 unspecified atom stereocenters. The summed E-state index contributed by atoms with van der Waals surface area (Å²) in [5, 5.41) is 11.7. The van der Waals surface area contributed by atoms with E-state index in [0.717, 1.165) is 6.42 Å². The van der Waals surface area contributed by atoms with E-state index in [9.17, 15) is 18.0 Å². The molecule has 0 aromatic carbocycles. The van der Waals surface area contributed by atoms with Gasteiger partial charge in [-0.1, -0.05) is 6.92 Å². The first-order valence-corrected chi connectivity index (χ1v) is 5.97. The SMILES string of the molecule is CCCNC(CCOCCCC(F)(F)F)C(=O)O. The number of aliphatic carboxylic acids is 1. The Kier molecular flexibility index (Phi) is 8.74. The maximum absolute atomic E-state index is 11.8. The number of carboxylic acid groups (broad SMARTS) is 1. The first-order valence-electron chi connectivity index (χ1n) is 5.97. The molecule has 0 radical (unpaired) electrons. The highest BCUT2D eigenvalue weighted by Gasteiger charge is 2.26. The first-order chi connectivity index (χ1) is 8.37. The van der Waals surface area contributed by atoms with Crippen molar-refractivity contribution in [1.29, 1.82) is 0 Å². The van der Waals surface area contributed by atoms with Crippen LogP contribution in [0.3, 0.4) is 0 Å². The molecule has 0 aliphatic carbocycles. The van der Waals surface area contributed by atoms with Crippen LogP contribution in [0.25, 0.3) is 0 Å². The molecule has 4 nitrogen and oxygen atoms in total. The molecule has 0 aliphatic rings. The second kappa shape index (κ2) is 9.16. The van der Waals surface area contributed by atoms with Gasteiger partial charge in [-0.25, -0.2) is 0 Å². The third kappa shape index (κ3) is 10.3. The molecule has 18 heavy (non-hydrogen) atoms. The van der Waals surface area contributed by atoms with Gasteiger partial charge in [0.05, 0.1) is 0 Å². The van der Waals surface area contributed by atoms with Crippen molar-refractivity contribution in [3.63, 3.8) is 0 Å². The molecule has 0 bridgehead atoms. The molecule has 0 aromatic heterocycles. The van der Waals surface area contributed by atoms with Crippen molar-refractivity contribution in [2.24, 2.45) is 0 Å². The maximum atomic E-state index is 11.8. The number of halogens is 3. The minimum absolute atomic E-state index is 0.000370. The van der Waals surface area contributed by atoms with Crippen molar-refractivity contribution in [1.82, 2.24) is 5.32 Å². The number of ether oxygens (including phenoxy) is 1. The van der Waals surface area contributed by atoms with Crippen LogP contribution < -0.4 is 5.32 Å². The van der Waals surface area contributed by atoms with Crippen LogP contribution in [0.15, 0.2) is 0 Å². The van der Waals surface area contributed by atoms with E-state index >= 15 is 0 Å². The summed E-state index contributed by atoms with van der Waals surface area (Å²) in [4.78, 5) is 10.8. The quantitative estimate of drug-likeness (QED) is 0.598. The molecule has 0 saturated carbocycles. The van der Waals surface area contributed by atoms with Crippen molar-refractivity contribution in [2.75, 3.05) is 19.8 Å². The van der Waals surface area contributed by atoms with Crippen LogP contribution in [0.5, 0.6) is 0 Å². The van der Waals surface area contributed by atoms with E-state index in [2.05, 4.69) is 5.32 Å². The molecule has 0 spiro atoms. The standard InChI is InChI=1S/C11H20F3NO3/c1-2-6-15-9(10(16)17)4-8-18-7-3-5-11(12,13)14/h9,15H,2-8H2,1H3,(H,16,17). The molecule has 0 saturated heterocycles. The predicted octanol–water partition coefficient (Wildman–Crippen LogP) is 2.19. The number of hydrogen-bond donors (Lipinski definition) is 2. The normalized spacial score (nSPS) is 13.6. The van der Waals surface area contributed by atoms with Crippen molar-refractivity contribution in [3.8, 4) is 0 Å². The van der Waals surface area contributed by atoms with Crippen LogP contribution >= 0.6 is 0 Å². The lowest BCUT2D eigenvalue weighted by molar-refractivity contribution is -0.140. The molecular formula is C11H20F3NO3. The van der Waals surface area contributed by atoms with Crippen LogP contribution in [-0.4, -0.2) is 43.1 Å². The summed E-state index contributed by atoms with van der Waals surface area (Å²) in [6.07, 6.45) is -4.06. The van der Waals surface area contributed by atoms with Gasteiger partial charge in [0.2, 0.25) is 0 Å². The Balaban J connectivity index is 3.58. The summed E-state index contributed by atoms with van der Waals surface area (Å²) in [6, 6.07) is -0.701. The maximum Gasteiger partial charge on any atom is 0.389 e. The molecular weight excluding hydrogens is 251 g/mol. The van der Waals surface area contributed by atoms with Gasteiger partial charge in [-0.05, 0) is 25.8 Å². The zero-order chi connectivity index (χ0) is 14.0. The summed E-state index contributed by atoms with van der Waals surface area (Å²) in [5.74, 6) is -0.970. The highest BCUT2D eigenvalue weighted by Crippen LogP contribution is 2.20. The van der Waals surface area contributed by atoms with Crippen LogP contribution in [0.4, 0.5) is 13.2 Å². The minimum atomic E-state index is -4.16. The molecule has 0 aromatic rings. The monoisotopic (exact) mass is 271 g/mol. The van der Waals surface area contributed by atoms with Crippen LogP contribution in [-0.2, 0) is 9.53 Å². The highest BCUT2D eigenvalue weighted by atomic mass is 19.4. The van der Waals surface area contributed by atoms with E-state index in [-0.39, 0.29) is 26.1 Å². The lowest BCUT2D eigenvalue weighted by atomic mass is 10.2. The summed E-state index contributed by atoms with van der Waals surface area (Å²) in [7, 11) is 0. The van der Waals surface area contributed by atoms with E-state index in [1.165, 1.54) is 0 Å². The van der Waals surface area contributed by atoms with Gasteiger partial charge in [0.25, 0.3) is 0 Å². The third-order valence-corrected chi connectivity index (χ3v) is 2.24. The Morgan fingerprint density at radius 2 is 2.06 bits per heavy atom. The van der Waals surface area contributed by atoms with Gasteiger partial charge in [0, 0.05) is 19.6 Å². The van der Waals surface area contributed by atoms with E-state index in [4.69, 9.17) is 9.84 Å². The fourth-order valence-electron chi connectivity index (χ4n) is 1.31. The van der Waals surface area contributed by atoms with E-state index in [0.29, 0.717) is 6.54 Å².